The lowest BCUT2D eigenvalue weighted by Crippen LogP contribution is -2.34. The molecular weight excluding hydrogens is 334 g/mol. The van der Waals surface area contributed by atoms with E-state index in [0.717, 1.165) is 0 Å². The first-order valence-corrected chi connectivity index (χ1v) is 7.89. The zero-order valence-electron chi connectivity index (χ0n) is 10.9. The Bertz CT molecular complexity index is 571. The van der Waals surface area contributed by atoms with Crippen molar-refractivity contribution >= 4 is 31.9 Å². The standard InChI is InChI=1S/C12H16BrNO4S/c1-8-4-5-10(13)7-11(8)19(16,17)14-9(2)6-12(15)18-3/h4-5,7,9,14H,6H2,1-3H3. The van der Waals surface area contributed by atoms with E-state index < -0.39 is 22.0 Å². The number of methoxy groups -OCH3 is 1. The number of esters is 1. The van der Waals surface area contributed by atoms with Crippen LogP contribution in [0.25, 0.3) is 0 Å². The molecule has 0 fully saturated rings. The van der Waals surface area contributed by atoms with Gasteiger partial charge in [0.05, 0.1) is 18.4 Å². The maximum absolute atomic E-state index is 12.2. The lowest BCUT2D eigenvalue weighted by molar-refractivity contribution is -0.140. The van der Waals surface area contributed by atoms with Crippen LogP contribution >= 0.6 is 15.9 Å². The fourth-order valence-electron chi connectivity index (χ4n) is 1.57. The molecule has 1 rings (SSSR count). The molecule has 0 aliphatic rings. The number of nitrogens with one attached hydrogen (secondary N) is 1. The summed E-state index contributed by atoms with van der Waals surface area (Å²) in [5.74, 6) is -0.457. The topological polar surface area (TPSA) is 72.5 Å². The summed E-state index contributed by atoms with van der Waals surface area (Å²) in [5.41, 5.74) is 0.640. The predicted molar refractivity (Wildman–Crippen MR) is 75.3 cm³/mol. The summed E-state index contributed by atoms with van der Waals surface area (Å²) in [6.07, 6.45) is -0.0111. The fourth-order valence-corrected chi connectivity index (χ4v) is 3.59. The minimum Gasteiger partial charge on any atom is -0.469 e. The molecule has 106 valence electrons. The number of rotatable bonds is 5. The van der Waals surface area contributed by atoms with Gasteiger partial charge in [0.15, 0.2) is 0 Å². The SMILES string of the molecule is COC(=O)CC(C)NS(=O)(=O)c1cc(Br)ccc1C. The molecular formula is C12H16BrNO4S. The average molecular weight is 350 g/mol. The third-order valence-electron chi connectivity index (χ3n) is 2.50. The van der Waals surface area contributed by atoms with Gasteiger partial charge in [-0.05, 0) is 31.5 Å². The van der Waals surface area contributed by atoms with Crippen LogP contribution in [0.3, 0.4) is 0 Å². The van der Waals surface area contributed by atoms with Crippen LogP contribution in [0.1, 0.15) is 18.9 Å². The average Bonchev–Trinajstić information content (AvgIpc) is 2.31. The molecule has 0 heterocycles. The monoisotopic (exact) mass is 349 g/mol. The van der Waals surface area contributed by atoms with Crippen molar-refractivity contribution < 1.29 is 17.9 Å². The van der Waals surface area contributed by atoms with Gasteiger partial charge < -0.3 is 4.74 Å². The van der Waals surface area contributed by atoms with Crippen LogP contribution in [0, 0.1) is 6.92 Å². The van der Waals surface area contributed by atoms with Crippen LogP contribution in [0.15, 0.2) is 27.6 Å². The summed E-state index contributed by atoms with van der Waals surface area (Å²) in [6, 6.07) is 4.48. The van der Waals surface area contributed by atoms with Gasteiger partial charge in [0, 0.05) is 10.5 Å². The van der Waals surface area contributed by atoms with Crippen molar-refractivity contribution in [2.45, 2.75) is 31.2 Å². The summed E-state index contributed by atoms with van der Waals surface area (Å²) >= 11 is 3.24. The highest BCUT2D eigenvalue weighted by molar-refractivity contribution is 9.10. The second-order valence-corrected chi connectivity index (χ2v) is 6.81. The van der Waals surface area contributed by atoms with Gasteiger partial charge >= 0.3 is 5.97 Å². The number of carbonyl (C=O) groups excluding carboxylic acids is 1. The van der Waals surface area contributed by atoms with Gasteiger partial charge in [0.2, 0.25) is 10.0 Å². The van der Waals surface area contributed by atoms with Crippen LogP contribution in [-0.2, 0) is 19.6 Å². The normalized spacial score (nSPS) is 13.1. The van der Waals surface area contributed by atoms with Crippen molar-refractivity contribution in [1.29, 1.82) is 0 Å². The Morgan fingerprint density at radius 3 is 2.68 bits per heavy atom. The third kappa shape index (κ3) is 4.59. The highest BCUT2D eigenvalue weighted by Gasteiger charge is 2.21. The fraction of sp³-hybridized carbons (Fsp3) is 0.417. The van der Waals surface area contributed by atoms with Crippen LogP contribution in [0.5, 0.6) is 0 Å². The smallest absolute Gasteiger partial charge is 0.307 e. The van der Waals surface area contributed by atoms with Crippen LogP contribution in [-0.4, -0.2) is 27.5 Å². The Hall–Kier alpha value is -0.920. The molecule has 1 aromatic carbocycles. The van der Waals surface area contributed by atoms with Crippen LogP contribution in [0.2, 0.25) is 0 Å². The molecule has 0 amide bonds. The van der Waals surface area contributed by atoms with E-state index in [0.29, 0.717) is 10.0 Å². The van der Waals surface area contributed by atoms with Gasteiger partial charge in [0.25, 0.3) is 0 Å². The summed E-state index contributed by atoms with van der Waals surface area (Å²) in [5, 5.41) is 0. The molecule has 0 aliphatic heterocycles. The first-order valence-electron chi connectivity index (χ1n) is 5.61. The molecule has 0 bridgehead atoms. The lowest BCUT2D eigenvalue weighted by Gasteiger charge is -2.14. The van der Waals surface area contributed by atoms with Crippen molar-refractivity contribution in [3.05, 3.63) is 28.2 Å². The predicted octanol–water partition coefficient (Wildman–Crippen LogP) is 1.99. The number of sulfonamides is 1. The molecule has 0 radical (unpaired) electrons. The van der Waals surface area contributed by atoms with Gasteiger partial charge in [-0.1, -0.05) is 22.0 Å². The van der Waals surface area contributed by atoms with Crippen molar-refractivity contribution in [2.75, 3.05) is 7.11 Å². The maximum Gasteiger partial charge on any atom is 0.307 e. The van der Waals surface area contributed by atoms with Crippen molar-refractivity contribution in [3.8, 4) is 0 Å². The van der Waals surface area contributed by atoms with Gasteiger partial charge in [-0.15, -0.1) is 0 Å². The van der Waals surface area contributed by atoms with E-state index in [9.17, 15) is 13.2 Å². The molecule has 7 heteroatoms. The molecule has 1 unspecified atom stereocenters. The molecule has 0 saturated heterocycles. The second kappa shape index (κ2) is 6.49. The second-order valence-electron chi connectivity index (χ2n) is 4.21. The number of hydrogen-bond acceptors (Lipinski definition) is 4. The molecule has 0 saturated carbocycles. The number of hydrogen-bond donors (Lipinski definition) is 1. The number of halogens is 1. The molecule has 19 heavy (non-hydrogen) atoms. The minimum atomic E-state index is -3.65. The number of benzene rings is 1. The Morgan fingerprint density at radius 1 is 1.47 bits per heavy atom. The van der Waals surface area contributed by atoms with Crippen LogP contribution < -0.4 is 4.72 Å². The van der Waals surface area contributed by atoms with E-state index in [1.807, 2.05) is 0 Å². The molecule has 5 nitrogen and oxygen atoms in total. The lowest BCUT2D eigenvalue weighted by atomic mass is 10.2. The maximum atomic E-state index is 12.2. The summed E-state index contributed by atoms with van der Waals surface area (Å²) in [7, 11) is -2.39. The van der Waals surface area contributed by atoms with Gasteiger partial charge in [-0.2, -0.15) is 0 Å². The summed E-state index contributed by atoms with van der Waals surface area (Å²) in [4.78, 5) is 11.3. The van der Waals surface area contributed by atoms with E-state index in [2.05, 4.69) is 25.4 Å². The van der Waals surface area contributed by atoms with Crippen LogP contribution in [0.4, 0.5) is 0 Å². The Labute approximate surface area is 121 Å². The first kappa shape index (κ1) is 16.1. The Balaban J connectivity index is 2.92. The number of carbonyl (C=O) groups is 1. The van der Waals surface area contributed by atoms with Gasteiger partial charge in [-0.3, -0.25) is 4.79 Å². The zero-order chi connectivity index (χ0) is 14.6. The molecule has 1 aromatic rings. The molecule has 1 atom stereocenters. The quantitative estimate of drug-likeness (QED) is 0.825. The van der Waals surface area contributed by atoms with E-state index in [-0.39, 0.29) is 11.3 Å². The summed E-state index contributed by atoms with van der Waals surface area (Å²) < 4.78 is 32.0. The zero-order valence-corrected chi connectivity index (χ0v) is 13.3. The number of ether oxygens (including phenoxy) is 1. The van der Waals surface area contributed by atoms with Crippen molar-refractivity contribution in [3.63, 3.8) is 0 Å². The highest BCUT2D eigenvalue weighted by Crippen LogP contribution is 2.20. The number of aryl methyl sites for hydroxylation is 1. The van der Waals surface area contributed by atoms with Crippen molar-refractivity contribution in [1.82, 2.24) is 4.72 Å². The highest BCUT2D eigenvalue weighted by atomic mass is 79.9. The summed E-state index contributed by atoms with van der Waals surface area (Å²) in [6.45, 7) is 3.33. The molecule has 0 aliphatic carbocycles. The minimum absolute atomic E-state index is 0.0111. The first-order chi connectivity index (χ1) is 8.76. The Kier molecular flexibility index (Phi) is 5.51. The largest absolute Gasteiger partial charge is 0.469 e. The molecule has 0 spiro atoms. The van der Waals surface area contributed by atoms with Crippen molar-refractivity contribution in [2.24, 2.45) is 0 Å². The van der Waals surface area contributed by atoms with E-state index >= 15 is 0 Å². The third-order valence-corrected chi connectivity index (χ3v) is 4.72. The van der Waals surface area contributed by atoms with E-state index in [1.165, 1.54) is 13.2 Å². The Morgan fingerprint density at radius 2 is 2.11 bits per heavy atom. The molecule has 0 aromatic heterocycles. The molecule has 1 N–H and O–H groups in total. The van der Waals surface area contributed by atoms with E-state index in [4.69, 9.17) is 0 Å². The van der Waals surface area contributed by atoms with Gasteiger partial charge in [-0.25, -0.2) is 13.1 Å². The van der Waals surface area contributed by atoms with Gasteiger partial charge in [0.1, 0.15) is 0 Å². The van der Waals surface area contributed by atoms with E-state index in [1.54, 1.807) is 26.0 Å².